The van der Waals surface area contributed by atoms with Crippen molar-refractivity contribution in [3.63, 3.8) is 0 Å². The Morgan fingerprint density at radius 1 is 1.00 bits per heavy atom. The lowest BCUT2D eigenvalue weighted by molar-refractivity contribution is -0.130. The Bertz CT molecular complexity index is 946. The number of benzene rings is 2. The number of hydrogen-bond acceptors (Lipinski definition) is 5. The Hall–Kier alpha value is -3.00. The van der Waals surface area contributed by atoms with Crippen molar-refractivity contribution >= 4 is 35.4 Å². The zero-order chi connectivity index (χ0) is 24.3. The van der Waals surface area contributed by atoms with Crippen LogP contribution in [0.15, 0.2) is 54.6 Å². The molecule has 3 amide bonds. The fourth-order valence-electron chi connectivity index (χ4n) is 3.62. The fraction of sp³-hybridized carbons (Fsp3) is 0.423. The van der Waals surface area contributed by atoms with Crippen LogP contribution in [-0.4, -0.2) is 53.4 Å². The van der Waals surface area contributed by atoms with Crippen LogP contribution < -0.4 is 10.6 Å². The number of anilines is 1. The van der Waals surface area contributed by atoms with E-state index in [-0.39, 0.29) is 24.3 Å². The lowest BCUT2D eigenvalue weighted by Gasteiger charge is -2.26. The van der Waals surface area contributed by atoms with E-state index in [4.69, 9.17) is 4.74 Å². The third kappa shape index (κ3) is 7.80. The van der Waals surface area contributed by atoms with Crippen LogP contribution in [0, 0.1) is 5.92 Å². The van der Waals surface area contributed by atoms with Crippen LogP contribution in [0.2, 0.25) is 0 Å². The number of carbonyl (C=O) groups excluding carboxylic acids is 3. The summed E-state index contributed by atoms with van der Waals surface area (Å²) in [6, 6.07) is 15.9. The zero-order valence-corrected chi connectivity index (χ0v) is 20.6. The fourth-order valence-corrected chi connectivity index (χ4v) is 4.52. The molecule has 1 fully saturated rings. The predicted molar refractivity (Wildman–Crippen MR) is 136 cm³/mol. The average molecular weight is 484 g/mol. The topological polar surface area (TPSA) is 87.7 Å². The van der Waals surface area contributed by atoms with Gasteiger partial charge in [0.05, 0.1) is 6.42 Å². The van der Waals surface area contributed by atoms with Crippen LogP contribution in [0.4, 0.5) is 10.5 Å². The summed E-state index contributed by atoms with van der Waals surface area (Å²) in [5.41, 5.74) is 2.39. The van der Waals surface area contributed by atoms with Crippen molar-refractivity contribution in [2.24, 2.45) is 5.92 Å². The molecule has 0 bridgehead atoms. The molecular weight excluding hydrogens is 450 g/mol. The second kappa shape index (κ2) is 13.0. The van der Waals surface area contributed by atoms with E-state index in [1.165, 1.54) is 0 Å². The summed E-state index contributed by atoms with van der Waals surface area (Å²) in [7, 11) is 0. The largest absolute Gasteiger partial charge is 0.445 e. The number of alkyl carbamates (subject to hydrolysis) is 1. The van der Waals surface area contributed by atoms with Crippen LogP contribution in [0.5, 0.6) is 0 Å². The molecule has 1 heterocycles. The minimum atomic E-state index is -0.730. The van der Waals surface area contributed by atoms with E-state index >= 15 is 0 Å². The molecule has 0 saturated carbocycles. The van der Waals surface area contributed by atoms with Gasteiger partial charge in [-0.05, 0) is 29.2 Å². The van der Waals surface area contributed by atoms with Gasteiger partial charge >= 0.3 is 6.09 Å². The summed E-state index contributed by atoms with van der Waals surface area (Å²) in [4.78, 5) is 39.7. The molecule has 0 aromatic heterocycles. The highest BCUT2D eigenvalue weighted by Gasteiger charge is 2.27. The molecular formula is C26H33N3O4S. The first-order valence-electron chi connectivity index (χ1n) is 11.7. The molecule has 3 rings (SSSR count). The molecule has 0 radical (unpaired) electrons. The summed E-state index contributed by atoms with van der Waals surface area (Å²) < 4.78 is 5.29. The van der Waals surface area contributed by atoms with Crippen molar-refractivity contribution in [2.75, 3.05) is 29.9 Å². The lowest BCUT2D eigenvalue weighted by atomic mass is 9.98. The molecule has 1 aliphatic rings. The van der Waals surface area contributed by atoms with Crippen molar-refractivity contribution in [3.8, 4) is 0 Å². The maximum Gasteiger partial charge on any atom is 0.408 e. The van der Waals surface area contributed by atoms with Gasteiger partial charge in [0.25, 0.3) is 0 Å². The number of ether oxygens (including phenoxy) is 1. The molecule has 0 aliphatic carbocycles. The molecule has 34 heavy (non-hydrogen) atoms. The summed E-state index contributed by atoms with van der Waals surface area (Å²) in [6.45, 7) is 5.62. The Balaban J connectivity index is 1.53. The Kier molecular flexibility index (Phi) is 9.82. The van der Waals surface area contributed by atoms with E-state index in [0.29, 0.717) is 18.5 Å². The number of thioether (sulfide) groups is 1. The average Bonchev–Trinajstić information content (AvgIpc) is 2.87. The molecule has 0 unspecified atom stereocenters. The molecule has 8 heteroatoms. The predicted octanol–water partition coefficient (Wildman–Crippen LogP) is 4.08. The monoisotopic (exact) mass is 483 g/mol. The molecule has 2 atom stereocenters. The first-order chi connectivity index (χ1) is 16.5. The normalized spacial score (nSPS) is 15.2. The van der Waals surface area contributed by atoms with E-state index < -0.39 is 12.1 Å². The summed E-state index contributed by atoms with van der Waals surface area (Å²) in [6.07, 6.45) is 0.435. The highest BCUT2D eigenvalue weighted by atomic mass is 32.2. The standard InChI is InChI=1S/C26H33N3O4S/c1-3-19(2)24(28-26(32)33-18-21-7-5-4-6-8-21)25(31)27-22-11-9-20(10-12-22)17-23(30)29-13-15-34-16-14-29/h4-12,19,24H,3,13-18H2,1-2H3,(H,27,31)(H,28,32)/t19-,24-/m0/s1. The number of carbonyl (C=O) groups is 3. The van der Waals surface area contributed by atoms with Crippen molar-refractivity contribution in [1.82, 2.24) is 10.2 Å². The zero-order valence-electron chi connectivity index (χ0n) is 19.8. The van der Waals surface area contributed by atoms with Gasteiger partial charge in [0, 0.05) is 30.3 Å². The van der Waals surface area contributed by atoms with E-state index in [9.17, 15) is 14.4 Å². The third-order valence-electron chi connectivity index (χ3n) is 5.92. The number of nitrogens with one attached hydrogen (secondary N) is 2. The Labute approximate surface area is 205 Å². The molecule has 2 N–H and O–H groups in total. The molecule has 1 saturated heterocycles. The van der Waals surface area contributed by atoms with E-state index in [1.54, 1.807) is 12.1 Å². The van der Waals surface area contributed by atoms with Gasteiger partial charge in [-0.2, -0.15) is 11.8 Å². The van der Waals surface area contributed by atoms with Crippen LogP contribution in [0.1, 0.15) is 31.4 Å². The minimum Gasteiger partial charge on any atom is -0.445 e. The minimum absolute atomic E-state index is 0.0797. The van der Waals surface area contributed by atoms with E-state index in [1.807, 2.05) is 73.0 Å². The second-order valence-corrected chi connectivity index (χ2v) is 9.65. The highest BCUT2D eigenvalue weighted by Crippen LogP contribution is 2.16. The molecule has 0 spiro atoms. The van der Waals surface area contributed by atoms with Gasteiger partial charge < -0.3 is 20.3 Å². The summed E-state index contributed by atoms with van der Waals surface area (Å²) in [5.74, 6) is 1.72. The van der Waals surface area contributed by atoms with E-state index in [2.05, 4.69) is 10.6 Å². The first kappa shape index (κ1) is 25.6. The van der Waals surface area contributed by atoms with Gasteiger partial charge in [0.2, 0.25) is 11.8 Å². The highest BCUT2D eigenvalue weighted by molar-refractivity contribution is 7.99. The van der Waals surface area contributed by atoms with Gasteiger partial charge in [0.15, 0.2) is 0 Å². The smallest absolute Gasteiger partial charge is 0.408 e. The molecule has 2 aromatic rings. The maximum atomic E-state index is 12.9. The summed E-state index contributed by atoms with van der Waals surface area (Å²) in [5, 5.41) is 5.58. The molecule has 2 aromatic carbocycles. The van der Waals surface area contributed by atoms with Crippen molar-refractivity contribution in [2.45, 2.75) is 39.3 Å². The quantitative estimate of drug-likeness (QED) is 0.561. The van der Waals surface area contributed by atoms with Crippen molar-refractivity contribution in [1.29, 1.82) is 0 Å². The lowest BCUT2D eigenvalue weighted by Crippen LogP contribution is -2.47. The van der Waals surface area contributed by atoms with Crippen LogP contribution in [0.3, 0.4) is 0 Å². The van der Waals surface area contributed by atoms with Gasteiger partial charge in [-0.25, -0.2) is 4.79 Å². The summed E-state index contributed by atoms with van der Waals surface area (Å²) >= 11 is 1.87. The number of hydrogen-bond donors (Lipinski definition) is 2. The number of rotatable bonds is 9. The van der Waals surface area contributed by atoms with E-state index in [0.717, 1.165) is 35.7 Å². The Morgan fingerprint density at radius 2 is 1.68 bits per heavy atom. The molecule has 7 nitrogen and oxygen atoms in total. The first-order valence-corrected chi connectivity index (χ1v) is 12.8. The van der Waals surface area contributed by atoms with Gasteiger partial charge in [0.1, 0.15) is 12.6 Å². The van der Waals surface area contributed by atoms with Gasteiger partial charge in [-0.1, -0.05) is 62.7 Å². The van der Waals surface area contributed by atoms with Crippen molar-refractivity contribution < 1.29 is 19.1 Å². The van der Waals surface area contributed by atoms with Crippen molar-refractivity contribution in [3.05, 3.63) is 65.7 Å². The van der Waals surface area contributed by atoms with Crippen LogP contribution in [0.25, 0.3) is 0 Å². The van der Waals surface area contributed by atoms with Gasteiger partial charge in [-0.3, -0.25) is 9.59 Å². The number of nitrogens with zero attached hydrogens (tertiary/aromatic N) is 1. The van der Waals surface area contributed by atoms with Gasteiger partial charge in [-0.15, -0.1) is 0 Å². The third-order valence-corrected chi connectivity index (χ3v) is 6.86. The second-order valence-electron chi connectivity index (χ2n) is 8.43. The SMILES string of the molecule is CC[C@H](C)[C@H](NC(=O)OCc1ccccc1)C(=O)Nc1ccc(CC(=O)N2CCSCC2)cc1. The number of amides is 3. The Morgan fingerprint density at radius 3 is 2.32 bits per heavy atom. The van der Waals surface area contributed by atoms with Crippen LogP contribution >= 0.6 is 11.8 Å². The van der Waals surface area contributed by atoms with Crippen LogP contribution in [-0.2, 0) is 27.4 Å². The maximum absolute atomic E-state index is 12.9. The molecule has 182 valence electrons. The molecule has 1 aliphatic heterocycles.